The molecule has 2 N–H and O–H groups in total. The van der Waals surface area contributed by atoms with Crippen LogP contribution >= 0.6 is 0 Å². The summed E-state index contributed by atoms with van der Waals surface area (Å²) in [5.74, 6) is 0.268. The second-order valence-electron chi connectivity index (χ2n) is 7.25. The van der Waals surface area contributed by atoms with E-state index in [0.29, 0.717) is 26.2 Å². The first-order chi connectivity index (χ1) is 14.0. The summed E-state index contributed by atoms with van der Waals surface area (Å²) in [5.41, 5.74) is 4.33. The third-order valence-electron chi connectivity index (χ3n) is 5.17. The number of anilines is 2. The number of para-hydroxylation sites is 4. The van der Waals surface area contributed by atoms with Crippen LogP contribution in [0.5, 0.6) is 5.75 Å². The number of aromatic hydroxyl groups is 1. The van der Waals surface area contributed by atoms with E-state index < -0.39 is 0 Å². The molecular weight excluding hydrogens is 366 g/mol. The fraction of sp³-hybridized carbons (Fsp3) is 0.273. The molecule has 1 aliphatic rings. The maximum Gasteiger partial charge on any atom is 0.322 e. The average molecular weight is 391 g/mol. The zero-order valence-corrected chi connectivity index (χ0v) is 16.7. The standard InChI is InChI=1S/C22H25N5O2/c1-16-15-17(2)27(24-16)19-8-4-3-7-18(19)23-22(29)26-13-11-25(12-14-26)20-9-5-6-10-21(20)28/h3-10,15,28H,11-14H2,1-2H3,(H,23,29). The average Bonchev–Trinajstić information content (AvgIpc) is 3.07. The van der Waals surface area contributed by atoms with Gasteiger partial charge < -0.3 is 20.2 Å². The molecule has 1 aromatic heterocycles. The number of aromatic nitrogens is 2. The second-order valence-corrected chi connectivity index (χ2v) is 7.25. The highest BCUT2D eigenvalue weighted by Crippen LogP contribution is 2.27. The molecule has 1 aliphatic heterocycles. The lowest BCUT2D eigenvalue weighted by atomic mass is 10.2. The molecule has 2 heterocycles. The van der Waals surface area contributed by atoms with E-state index >= 15 is 0 Å². The highest BCUT2D eigenvalue weighted by molar-refractivity contribution is 5.91. The number of benzene rings is 2. The number of aryl methyl sites for hydroxylation is 2. The zero-order valence-electron chi connectivity index (χ0n) is 16.7. The third kappa shape index (κ3) is 3.89. The highest BCUT2D eigenvalue weighted by atomic mass is 16.3. The minimum absolute atomic E-state index is 0.129. The predicted molar refractivity (Wildman–Crippen MR) is 114 cm³/mol. The van der Waals surface area contributed by atoms with Crippen molar-refractivity contribution in [3.8, 4) is 11.4 Å². The van der Waals surface area contributed by atoms with Gasteiger partial charge in [-0.15, -0.1) is 0 Å². The van der Waals surface area contributed by atoms with Crippen LogP contribution in [0.4, 0.5) is 16.2 Å². The van der Waals surface area contributed by atoms with Gasteiger partial charge >= 0.3 is 6.03 Å². The van der Waals surface area contributed by atoms with Crippen molar-refractivity contribution in [1.29, 1.82) is 0 Å². The number of carbonyl (C=O) groups is 1. The molecule has 0 aliphatic carbocycles. The molecule has 150 valence electrons. The minimum atomic E-state index is -0.129. The summed E-state index contributed by atoms with van der Waals surface area (Å²) < 4.78 is 1.85. The van der Waals surface area contributed by atoms with E-state index in [-0.39, 0.29) is 11.8 Å². The van der Waals surface area contributed by atoms with E-state index in [9.17, 15) is 9.90 Å². The highest BCUT2D eigenvalue weighted by Gasteiger charge is 2.23. The van der Waals surface area contributed by atoms with Crippen molar-refractivity contribution in [2.24, 2.45) is 0 Å². The number of nitrogens with one attached hydrogen (secondary N) is 1. The van der Waals surface area contributed by atoms with E-state index in [1.165, 1.54) is 0 Å². The second kappa shape index (κ2) is 7.87. The van der Waals surface area contributed by atoms with E-state index in [2.05, 4.69) is 15.3 Å². The first kappa shape index (κ1) is 18.9. The molecule has 2 aromatic carbocycles. The van der Waals surface area contributed by atoms with Crippen molar-refractivity contribution >= 4 is 17.4 Å². The van der Waals surface area contributed by atoms with Gasteiger partial charge in [-0.05, 0) is 44.2 Å². The summed E-state index contributed by atoms with van der Waals surface area (Å²) in [5, 5.41) is 17.6. The van der Waals surface area contributed by atoms with Crippen LogP contribution in [0, 0.1) is 13.8 Å². The number of hydrogen-bond acceptors (Lipinski definition) is 4. The summed E-state index contributed by atoms with van der Waals surface area (Å²) in [4.78, 5) is 16.8. The monoisotopic (exact) mass is 391 g/mol. The quantitative estimate of drug-likeness (QED) is 0.716. The van der Waals surface area contributed by atoms with Gasteiger partial charge in [0.25, 0.3) is 0 Å². The topological polar surface area (TPSA) is 73.6 Å². The molecule has 1 fully saturated rings. The van der Waals surface area contributed by atoms with Crippen LogP contribution in [0.2, 0.25) is 0 Å². The minimum Gasteiger partial charge on any atom is -0.506 e. The zero-order chi connectivity index (χ0) is 20.4. The van der Waals surface area contributed by atoms with Crippen molar-refractivity contribution in [3.05, 3.63) is 66.0 Å². The SMILES string of the molecule is Cc1cc(C)n(-c2ccccc2NC(=O)N2CCN(c3ccccc3O)CC2)n1. The Morgan fingerprint density at radius 3 is 2.28 bits per heavy atom. The smallest absolute Gasteiger partial charge is 0.322 e. The summed E-state index contributed by atoms with van der Waals surface area (Å²) in [6.07, 6.45) is 0. The number of nitrogens with zero attached hydrogens (tertiary/aromatic N) is 4. The van der Waals surface area contributed by atoms with Crippen molar-refractivity contribution < 1.29 is 9.90 Å². The molecule has 0 radical (unpaired) electrons. The van der Waals surface area contributed by atoms with Gasteiger partial charge in [0.05, 0.1) is 22.8 Å². The Balaban J connectivity index is 1.45. The van der Waals surface area contributed by atoms with E-state index in [1.54, 1.807) is 11.0 Å². The van der Waals surface area contributed by atoms with Crippen molar-refractivity contribution in [3.63, 3.8) is 0 Å². The lowest BCUT2D eigenvalue weighted by Gasteiger charge is -2.36. The van der Waals surface area contributed by atoms with Crippen molar-refractivity contribution in [2.75, 3.05) is 36.4 Å². The summed E-state index contributed by atoms with van der Waals surface area (Å²) in [6.45, 7) is 6.46. The third-order valence-corrected chi connectivity index (χ3v) is 5.17. The maximum atomic E-state index is 12.9. The first-order valence-corrected chi connectivity index (χ1v) is 9.74. The number of amides is 2. The molecule has 2 amide bonds. The fourth-order valence-corrected chi connectivity index (χ4v) is 3.71. The molecule has 29 heavy (non-hydrogen) atoms. The van der Waals surface area contributed by atoms with Gasteiger partial charge in [0, 0.05) is 31.9 Å². The molecule has 7 heteroatoms. The van der Waals surface area contributed by atoms with Gasteiger partial charge in [0.1, 0.15) is 5.75 Å². The Kier molecular flexibility index (Phi) is 5.12. The lowest BCUT2D eigenvalue weighted by Crippen LogP contribution is -2.50. The molecule has 0 atom stereocenters. The van der Waals surface area contributed by atoms with Gasteiger partial charge in [-0.25, -0.2) is 9.48 Å². The van der Waals surface area contributed by atoms with Crippen LogP contribution in [-0.4, -0.2) is 52.0 Å². The number of phenolic OH excluding ortho intramolecular Hbond substituents is 1. The summed E-state index contributed by atoms with van der Waals surface area (Å²) in [6, 6.07) is 16.9. The number of carbonyl (C=O) groups excluding carboxylic acids is 1. The van der Waals surface area contributed by atoms with Crippen molar-refractivity contribution in [1.82, 2.24) is 14.7 Å². The number of hydrogen-bond donors (Lipinski definition) is 2. The molecule has 7 nitrogen and oxygen atoms in total. The van der Waals surface area contributed by atoms with Gasteiger partial charge in [0.15, 0.2) is 0 Å². The predicted octanol–water partition coefficient (Wildman–Crippen LogP) is 3.55. The van der Waals surface area contributed by atoms with Crippen LogP contribution in [-0.2, 0) is 0 Å². The molecule has 3 aromatic rings. The van der Waals surface area contributed by atoms with Crippen LogP contribution in [0.1, 0.15) is 11.4 Å². The first-order valence-electron chi connectivity index (χ1n) is 9.74. The van der Waals surface area contributed by atoms with Gasteiger partial charge in [0.2, 0.25) is 0 Å². The summed E-state index contributed by atoms with van der Waals surface area (Å²) >= 11 is 0. The largest absolute Gasteiger partial charge is 0.506 e. The van der Waals surface area contributed by atoms with Crippen LogP contribution < -0.4 is 10.2 Å². The molecule has 0 spiro atoms. The molecule has 0 saturated carbocycles. The Morgan fingerprint density at radius 1 is 0.966 bits per heavy atom. The fourth-order valence-electron chi connectivity index (χ4n) is 3.71. The Labute approximate surface area is 170 Å². The number of rotatable bonds is 3. The van der Waals surface area contributed by atoms with Crippen LogP contribution in [0.3, 0.4) is 0 Å². The molecule has 0 bridgehead atoms. The van der Waals surface area contributed by atoms with Gasteiger partial charge in [-0.3, -0.25) is 0 Å². The van der Waals surface area contributed by atoms with E-state index in [4.69, 9.17) is 0 Å². The Morgan fingerprint density at radius 2 is 1.62 bits per heavy atom. The van der Waals surface area contributed by atoms with E-state index in [0.717, 1.165) is 28.5 Å². The van der Waals surface area contributed by atoms with E-state index in [1.807, 2.05) is 67.1 Å². The van der Waals surface area contributed by atoms with Crippen molar-refractivity contribution in [2.45, 2.75) is 13.8 Å². The maximum absolute atomic E-state index is 12.9. The molecular formula is C22H25N5O2. The molecule has 0 unspecified atom stereocenters. The number of urea groups is 1. The van der Waals surface area contributed by atoms with Gasteiger partial charge in [-0.2, -0.15) is 5.10 Å². The van der Waals surface area contributed by atoms with Crippen LogP contribution in [0.25, 0.3) is 5.69 Å². The molecule has 4 rings (SSSR count). The van der Waals surface area contributed by atoms with Crippen LogP contribution in [0.15, 0.2) is 54.6 Å². The summed E-state index contributed by atoms with van der Waals surface area (Å²) in [7, 11) is 0. The van der Waals surface area contributed by atoms with Gasteiger partial charge in [-0.1, -0.05) is 24.3 Å². The lowest BCUT2D eigenvalue weighted by molar-refractivity contribution is 0.208. The Hall–Kier alpha value is -3.48. The normalized spacial score (nSPS) is 14.1. The molecule has 1 saturated heterocycles. The Bertz CT molecular complexity index is 1020. The number of phenols is 1. The number of piperazine rings is 1.